The van der Waals surface area contributed by atoms with Gasteiger partial charge in [-0.2, -0.15) is 0 Å². The molecule has 10 heavy (non-hydrogen) atoms. The quantitative estimate of drug-likeness (QED) is 0.561. The van der Waals surface area contributed by atoms with E-state index in [2.05, 4.69) is 10.6 Å². The van der Waals surface area contributed by atoms with Gasteiger partial charge in [0.1, 0.15) is 0 Å². The first-order valence-electron chi connectivity index (χ1n) is 3.61. The van der Waals surface area contributed by atoms with Gasteiger partial charge in [0.2, 0.25) is 0 Å². The Bertz CT molecular complexity index is 91.8. The highest BCUT2D eigenvalue weighted by atomic mass is 14.9. The summed E-state index contributed by atoms with van der Waals surface area (Å²) in [6.45, 7) is 5.92. The normalized spacial score (nSPS) is 11.0. The van der Waals surface area contributed by atoms with Crippen molar-refractivity contribution < 1.29 is 0 Å². The maximum atomic E-state index is 3.12. The maximum absolute atomic E-state index is 3.12. The molecule has 0 aliphatic rings. The molecule has 0 saturated carbocycles. The number of hydrogen-bond donors (Lipinski definition) is 2. The minimum absolute atomic E-state index is 0.967. The van der Waals surface area contributed by atoms with Crippen molar-refractivity contribution in [2.75, 3.05) is 13.1 Å². The number of nitrogens with one attached hydrogen (secondary N) is 2. The minimum atomic E-state index is 0.967. The summed E-state index contributed by atoms with van der Waals surface area (Å²) >= 11 is 0. The largest absolute Gasteiger partial charge is 0.389 e. The van der Waals surface area contributed by atoms with E-state index < -0.39 is 0 Å². The molecule has 2 nitrogen and oxygen atoms in total. The van der Waals surface area contributed by atoms with Gasteiger partial charge >= 0.3 is 0 Å². The predicted octanol–water partition coefficient (Wildman–Crippen LogP) is 1.23. The second-order valence-electron chi connectivity index (χ2n) is 1.91. The highest BCUT2D eigenvalue weighted by Gasteiger charge is 1.75. The van der Waals surface area contributed by atoms with Crippen LogP contribution < -0.4 is 10.6 Å². The number of rotatable bonds is 5. The summed E-state index contributed by atoms with van der Waals surface area (Å²) in [7, 11) is 0. The van der Waals surface area contributed by atoms with Gasteiger partial charge in [0, 0.05) is 13.1 Å². The summed E-state index contributed by atoms with van der Waals surface area (Å²) in [4.78, 5) is 0. The fourth-order valence-electron chi connectivity index (χ4n) is 0.547. The van der Waals surface area contributed by atoms with Gasteiger partial charge in [0.15, 0.2) is 0 Å². The fraction of sp³-hybridized carbons (Fsp3) is 0.500. The zero-order valence-electron chi connectivity index (χ0n) is 6.72. The third-order valence-corrected chi connectivity index (χ3v) is 0.983. The van der Waals surface area contributed by atoms with E-state index in [1.165, 1.54) is 0 Å². The second kappa shape index (κ2) is 8.08. The Balaban J connectivity index is 2.90. The van der Waals surface area contributed by atoms with Gasteiger partial charge in [0.05, 0.1) is 0 Å². The van der Waals surface area contributed by atoms with Crippen LogP contribution in [0.15, 0.2) is 24.6 Å². The molecule has 0 aromatic carbocycles. The molecule has 2 N–H and O–H groups in total. The number of allylic oxidation sites excluding steroid dienone is 2. The molecule has 0 fully saturated rings. The van der Waals surface area contributed by atoms with Gasteiger partial charge < -0.3 is 10.6 Å². The lowest BCUT2D eigenvalue weighted by atomic mass is 10.6. The first-order chi connectivity index (χ1) is 4.91. The van der Waals surface area contributed by atoms with E-state index in [4.69, 9.17) is 0 Å². The fourth-order valence-corrected chi connectivity index (χ4v) is 0.547. The molecule has 0 aromatic rings. The molecule has 0 aromatic heterocycles. The minimum Gasteiger partial charge on any atom is -0.389 e. The third-order valence-electron chi connectivity index (χ3n) is 0.983. The Morgan fingerprint density at radius 3 is 1.60 bits per heavy atom. The average molecular weight is 140 g/mol. The molecule has 58 valence electrons. The topological polar surface area (TPSA) is 24.1 Å². The zero-order valence-corrected chi connectivity index (χ0v) is 6.72. The lowest BCUT2D eigenvalue weighted by Crippen LogP contribution is -2.19. The molecule has 0 atom stereocenters. The van der Waals surface area contributed by atoms with Crippen molar-refractivity contribution in [3.05, 3.63) is 24.6 Å². The van der Waals surface area contributed by atoms with E-state index >= 15 is 0 Å². The first-order valence-corrected chi connectivity index (χ1v) is 3.61. The molecule has 0 spiro atoms. The molecular formula is C8H16N2. The van der Waals surface area contributed by atoms with Crippen LogP contribution >= 0.6 is 0 Å². The van der Waals surface area contributed by atoms with Crippen molar-refractivity contribution in [3.8, 4) is 0 Å². The molecule has 0 aliphatic heterocycles. The predicted molar refractivity (Wildman–Crippen MR) is 45.6 cm³/mol. The smallest absolute Gasteiger partial charge is 0.0314 e. The van der Waals surface area contributed by atoms with Crippen LogP contribution in [0.2, 0.25) is 0 Å². The van der Waals surface area contributed by atoms with E-state index in [-0.39, 0.29) is 0 Å². The summed E-state index contributed by atoms with van der Waals surface area (Å²) in [6.07, 6.45) is 7.85. The van der Waals surface area contributed by atoms with Gasteiger partial charge in [0.25, 0.3) is 0 Å². The van der Waals surface area contributed by atoms with E-state index in [0.717, 1.165) is 13.1 Å². The lowest BCUT2D eigenvalue weighted by Gasteiger charge is -1.99. The molecule has 0 bridgehead atoms. The third kappa shape index (κ3) is 7.08. The number of hydrogen-bond acceptors (Lipinski definition) is 2. The molecule has 0 amide bonds. The van der Waals surface area contributed by atoms with E-state index in [9.17, 15) is 0 Å². The van der Waals surface area contributed by atoms with Crippen LogP contribution in [0.3, 0.4) is 0 Å². The summed E-state index contributed by atoms with van der Waals surface area (Å²) in [5.74, 6) is 0. The van der Waals surface area contributed by atoms with Crippen LogP contribution in [0.1, 0.15) is 13.8 Å². The Hall–Kier alpha value is -0.920. The molecule has 0 aliphatic carbocycles. The van der Waals surface area contributed by atoms with Gasteiger partial charge in [-0.25, -0.2) is 0 Å². The van der Waals surface area contributed by atoms with Crippen molar-refractivity contribution in [2.45, 2.75) is 13.8 Å². The van der Waals surface area contributed by atoms with Gasteiger partial charge in [-0.3, -0.25) is 0 Å². The lowest BCUT2D eigenvalue weighted by molar-refractivity contribution is 0.765. The summed E-state index contributed by atoms with van der Waals surface area (Å²) in [5, 5.41) is 6.23. The van der Waals surface area contributed by atoms with Crippen LogP contribution in [-0.2, 0) is 0 Å². The SMILES string of the molecule is CC=CNCCNC=CC. The van der Waals surface area contributed by atoms with Crippen LogP contribution in [0.5, 0.6) is 0 Å². The first kappa shape index (κ1) is 9.08. The Morgan fingerprint density at radius 1 is 0.900 bits per heavy atom. The second-order valence-corrected chi connectivity index (χ2v) is 1.91. The molecular weight excluding hydrogens is 124 g/mol. The van der Waals surface area contributed by atoms with Crippen LogP contribution in [0.4, 0.5) is 0 Å². The van der Waals surface area contributed by atoms with Gasteiger partial charge in [-0.1, -0.05) is 12.2 Å². The van der Waals surface area contributed by atoms with Crippen LogP contribution in [0, 0.1) is 0 Å². The molecule has 0 radical (unpaired) electrons. The molecule has 0 rings (SSSR count). The summed E-state index contributed by atoms with van der Waals surface area (Å²) in [5.41, 5.74) is 0. The molecule has 2 heteroatoms. The van der Waals surface area contributed by atoms with Crippen molar-refractivity contribution in [2.24, 2.45) is 0 Å². The van der Waals surface area contributed by atoms with Gasteiger partial charge in [-0.15, -0.1) is 0 Å². The molecule has 0 unspecified atom stereocenters. The summed E-state index contributed by atoms with van der Waals surface area (Å²) < 4.78 is 0. The summed E-state index contributed by atoms with van der Waals surface area (Å²) in [6, 6.07) is 0. The molecule has 0 saturated heterocycles. The van der Waals surface area contributed by atoms with Crippen molar-refractivity contribution >= 4 is 0 Å². The zero-order chi connectivity index (χ0) is 7.66. The highest BCUT2D eigenvalue weighted by molar-refractivity contribution is 4.77. The highest BCUT2D eigenvalue weighted by Crippen LogP contribution is 1.64. The average Bonchev–Trinajstić information content (AvgIpc) is 1.97. The Morgan fingerprint density at radius 2 is 1.30 bits per heavy atom. The standard InChI is InChI=1S/C8H16N2/c1-3-5-9-7-8-10-6-4-2/h3-6,9-10H,7-8H2,1-2H3. The van der Waals surface area contributed by atoms with Crippen molar-refractivity contribution in [1.82, 2.24) is 10.6 Å². The van der Waals surface area contributed by atoms with Gasteiger partial charge in [-0.05, 0) is 26.2 Å². The monoisotopic (exact) mass is 140 g/mol. The van der Waals surface area contributed by atoms with Crippen LogP contribution in [-0.4, -0.2) is 13.1 Å². The Kier molecular flexibility index (Phi) is 7.34. The van der Waals surface area contributed by atoms with Crippen molar-refractivity contribution in [3.63, 3.8) is 0 Å². The Labute approximate surface area is 63.0 Å². The molecule has 0 heterocycles. The van der Waals surface area contributed by atoms with Crippen molar-refractivity contribution in [1.29, 1.82) is 0 Å². The maximum Gasteiger partial charge on any atom is 0.0314 e. The van der Waals surface area contributed by atoms with E-state index in [1.807, 2.05) is 38.4 Å². The van der Waals surface area contributed by atoms with E-state index in [0.29, 0.717) is 0 Å². The van der Waals surface area contributed by atoms with E-state index in [1.54, 1.807) is 0 Å². The van der Waals surface area contributed by atoms with Crippen LogP contribution in [0.25, 0.3) is 0 Å².